The molecule has 0 unspecified atom stereocenters. The molecular formula is C18H15O2S+. The van der Waals surface area contributed by atoms with Crippen LogP contribution in [0, 0.1) is 0 Å². The van der Waals surface area contributed by atoms with Gasteiger partial charge in [-0.1, -0.05) is 36.4 Å². The highest BCUT2D eigenvalue weighted by molar-refractivity contribution is 7.97. The summed E-state index contributed by atoms with van der Waals surface area (Å²) in [6, 6.07) is 25.4. The Bertz CT molecular complexity index is 687. The second-order valence-corrected chi connectivity index (χ2v) is 6.61. The predicted molar refractivity (Wildman–Crippen MR) is 84.8 cm³/mol. The van der Waals surface area contributed by atoms with E-state index in [1.807, 2.05) is 42.5 Å². The summed E-state index contributed by atoms with van der Waals surface area (Å²) in [4.78, 5) is 3.32. The minimum absolute atomic E-state index is 0.0862. The second-order valence-electron chi connectivity index (χ2n) is 4.58. The van der Waals surface area contributed by atoms with E-state index in [9.17, 15) is 10.2 Å². The van der Waals surface area contributed by atoms with Crippen molar-refractivity contribution in [2.24, 2.45) is 0 Å². The average molecular weight is 295 g/mol. The molecule has 0 spiro atoms. The van der Waals surface area contributed by atoms with E-state index in [0.29, 0.717) is 0 Å². The van der Waals surface area contributed by atoms with E-state index in [0.717, 1.165) is 4.90 Å². The first-order valence-electron chi connectivity index (χ1n) is 6.62. The summed E-state index contributed by atoms with van der Waals surface area (Å²) in [5.41, 5.74) is 0. The maximum absolute atomic E-state index is 9.80. The van der Waals surface area contributed by atoms with Gasteiger partial charge >= 0.3 is 0 Å². The Hall–Kier alpha value is -2.39. The first-order chi connectivity index (χ1) is 10.3. The van der Waals surface area contributed by atoms with Gasteiger partial charge in [0, 0.05) is 6.07 Å². The van der Waals surface area contributed by atoms with Crippen molar-refractivity contribution in [2.45, 2.75) is 14.7 Å². The molecule has 0 fully saturated rings. The number of aromatic hydroxyl groups is 2. The maximum Gasteiger partial charge on any atom is 0.170 e. The van der Waals surface area contributed by atoms with E-state index in [2.05, 4.69) is 24.3 Å². The van der Waals surface area contributed by atoms with Gasteiger partial charge < -0.3 is 10.2 Å². The first kappa shape index (κ1) is 13.6. The summed E-state index contributed by atoms with van der Waals surface area (Å²) in [7, 11) is -0.304. The summed E-state index contributed by atoms with van der Waals surface area (Å²) in [6.07, 6.45) is 0. The van der Waals surface area contributed by atoms with Crippen LogP contribution in [-0.2, 0) is 10.9 Å². The number of phenols is 2. The fraction of sp³-hybridized carbons (Fsp3) is 0. The molecule has 0 aliphatic heterocycles. The van der Waals surface area contributed by atoms with E-state index in [-0.39, 0.29) is 22.4 Å². The number of hydrogen-bond acceptors (Lipinski definition) is 2. The largest absolute Gasteiger partial charge is 0.504 e. The van der Waals surface area contributed by atoms with Gasteiger partial charge in [0.2, 0.25) is 0 Å². The smallest absolute Gasteiger partial charge is 0.170 e. The number of rotatable bonds is 3. The molecule has 3 aromatic carbocycles. The van der Waals surface area contributed by atoms with Crippen molar-refractivity contribution < 1.29 is 10.2 Å². The Morgan fingerprint density at radius 1 is 0.524 bits per heavy atom. The van der Waals surface area contributed by atoms with Crippen molar-refractivity contribution in [1.82, 2.24) is 0 Å². The van der Waals surface area contributed by atoms with Gasteiger partial charge in [-0.15, -0.1) is 0 Å². The number of phenolic OH excluding ortho intramolecular Hbond substituents is 2. The Labute approximate surface area is 126 Å². The Kier molecular flexibility index (Phi) is 3.84. The molecule has 0 bridgehead atoms. The number of benzene rings is 3. The van der Waals surface area contributed by atoms with Crippen LogP contribution in [0.1, 0.15) is 0 Å². The van der Waals surface area contributed by atoms with Crippen molar-refractivity contribution in [3.63, 3.8) is 0 Å². The standard InChI is InChI=1S/C18H14O2S/c19-17-12-11-16(13-18(17)20)21(14-7-3-1-4-8-14)15-9-5-2-6-10-15/h1-13H,(H-,19,20)/p+1. The van der Waals surface area contributed by atoms with E-state index in [4.69, 9.17) is 0 Å². The molecule has 0 aliphatic rings. The molecule has 2 nitrogen and oxygen atoms in total. The van der Waals surface area contributed by atoms with Crippen LogP contribution in [0.5, 0.6) is 11.5 Å². The van der Waals surface area contributed by atoms with Gasteiger partial charge in [-0.05, 0) is 36.4 Å². The zero-order valence-corrected chi connectivity index (χ0v) is 12.1. The van der Waals surface area contributed by atoms with Crippen LogP contribution in [0.4, 0.5) is 0 Å². The Morgan fingerprint density at radius 2 is 1.05 bits per heavy atom. The van der Waals surface area contributed by atoms with Gasteiger partial charge in [0.25, 0.3) is 0 Å². The van der Waals surface area contributed by atoms with E-state index < -0.39 is 0 Å². The van der Waals surface area contributed by atoms with Crippen molar-refractivity contribution >= 4 is 10.9 Å². The third-order valence-corrected chi connectivity index (χ3v) is 5.35. The van der Waals surface area contributed by atoms with Gasteiger partial charge in [0.1, 0.15) is 0 Å². The number of hydrogen-bond donors (Lipinski definition) is 2. The minimum atomic E-state index is -0.304. The van der Waals surface area contributed by atoms with Crippen molar-refractivity contribution in [1.29, 1.82) is 0 Å². The van der Waals surface area contributed by atoms with Crippen molar-refractivity contribution in [3.8, 4) is 11.5 Å². The van der Waals surface area contributed by atoms with Gasteiger partial charge in [0.15, 0.2) is 26.2 Å². The highest BCUT2D eigenvalue weighted by atomic mass is 32.2. The molecule has 0 saturated heterocycles. The molecule has 0 radical (unpaired) electrons. The molecule has 3 rings (SSSR count). The first-order valence-corrected chi connectivity index (χ1v) is 7.84. The molecular weight excluding hydrogens is 280 g/mol. The van der Waals surface area contributed by atoms with E-state index >= 15 is 0 Å². The fourth-order valence-corrected chi connectivity index (χ4v) is 4.26. The van der Waals surface area contributed by atoms with Crippen LogP contribution in [0.3, 0.4) is 0 Å². The molecule has 0 aromatic heterocycles. The van der Waals surface area contributed by atoms with Crippen molar-refractivity contribution in [3.05, 3.63) is 78.9 Å². The molecule has 0 heterocycles. The molecule has 0 amide bonds. The van der Waals surface area contributed by atoms with Gasteiger partial charge in [-0.3, -0.25) is 0 Å². The molecule has 0 atom stereocenters. The Balaban J connectivity index is 2.14. The van der Waals surface area contributed by atoms with Crippen LogP contribution < -0.4 is 0 Å². The summed E-state index contributed by atoms with van der Waals surface area (Å²) >= 11 is 0. The lowest BCUT2D eigenvalue weighted by atomic mass is 10.3. The molecule has 3 aromatic rings. The van der Waals surface area contributed by atoms with Crippen molar-refractivity contribution in [2.75, 3.05) is 0 Å². The van der Waals surface area contributed by atoms with Crippen LogP contribution in [0.25, 0.3) is 0 Å². The van der Waals surface area contributed by atoms with E-state index in [1.165, 1.54) is 15.9 Å². The zero-order chi connectivity index (χ0) is 14.7. The highest BCUT2D eigenvalue weighted by Crippen LogP contribution is 2.35. The lowest BCUT2D eigenvalue weighted by Gasteiger charge is -2.08. The SMILES string of the molecule is Oc1ccc([S+](c2ccccc2)c2ccccc2)cc1O. The summed E-state index contributed by atoms with van der Waals surface area (Å²) in [6.45, 7) is 0. The lowest BCUT2D eigenvalue weighted by Crippen LogP contribution is -2.04. The molecule has 0 saturated carbocycles. The normalized spacial score (nSPS) is 10.7. The Morgan fingerprint density at radius 3 is 1.52 bits per heavy atom. The lowest BCUT2D eigenvalue weighted by molar-refractivity contribution is 0.402. The van der Waals surface area contributed by atoms with Crippen LogP contribution in [0.15, 0.2) is 93.5 Å². The van der Waals surface area contributed by atoms with Gasteiger partial charge in [-0.2, -0.15) is 0 Å². The van der Waals surface area contributed by atoms with Crippen LogP contribution in [0.2, 0.25) is 0 Å². The molecule has 0 aliphatic carbocycles. The summed E-state index contributed by atoms with van der Waals surface area (Å²) < 4.78 is 0. The highest BCUT2D eigenvalue weighted by Gasteiger charge is 2.28. The van der Waals surface area contributed by atoms with Gasteiger partial charge in [-0.25, -0.2) is 0 Å². The topological polar surface area (TPSA) is 40.5 Å². The molecule has 21 heavy (non-hydrogen) atoms. The molecule has 2 N–H and O–H groups in total. The molecule has 104 valence electrons. The minimum Gasteiger partial charge on any atom is -0.504 e. The van der Waals surface area contributed by atoms with E-state index in [1.54, 1.807) is 6.07 Å². The summed E-state index contributed by atoms with van der Waals surface area (Å²) in [5, 5.41) is 19.3. The second kappa shape index (κ2) is 5.94. The third-order valence-electron chi connectivity index (χ3n) is 3.14. The molecule has 3 heteroatoms. The average Bonchev–Trinajstić information content (AvgIpc) is 2.53. The zero-order valence-electron chi connectivity index (χ0n) is 11.3. The monoisotopic (exact) mass is 295 g/mol. The fourth-order valence-electron chi connectivity index (χ4n) is 2.15. The van der Waals surface area contributed by atoms with Gasteiger partial charge in [0.05, 0.1) is 10.9 Å². The maximum atomic E-state index is 9.80. The quantitative estimate of drug-likeness (QED) is 0.562. The third kappa shape index (κ3) is 2.88. The predicted octanol–water partition coefficient (Wildman–Crippen LogP) is 4.19. The van der Waals surface area contributed by atoms with Crippen LogP contribution >= 0.6 is 0 Å². The summed E-state index contributed by atoms with van der Waals surface area (Å²) in [5.74, 6) is -0.180. The van der Waals surface area contributed by atoms with Crippen LogP contribution in [-0.4, -0.2) is 10.2 Å².